The van der Waals surface area contributed by atoms with Gasteiger partial charge >= 0.3 is 0 Å². The highest BCUT2D eigenvalue weighted by atomic mass is 32.2. The van der Waals surface area contributed by atoms with E-state index >= 15 is 0 Å². The van der Waals surface area contributed by atoms with Crippen LogP contribution in [0.3, 0.4) is 0 Å². The average molecular weight is 432 g/mol. The van der Waals surface area contributed by atoms with Crippen molar-refractivity contribution >= 4 is 21.8 Å². The summed E-state index contributed by atoms with van der Waals surface area (Å²) in [6.45, 7) is 5.00. The van der Waals surface area contributed by atoms with Gasteiger partial charge in [0.05, 0.1) is 10.5 Å². The van der Waals surface area contributed by atoms with Gasteiger partial charge in [-0.3, -0.25) is 9.59 Å². The second-order valence-corrected chi connectivity index (χ2v) is 8.85. The lowest BCUT2D eigenvalue weighted by atomic mass is 10.1. The van der Waals surface area contributed by atoms with Crippen LogP contribution in [0.5, 0.6) is 5.75 Å². The molecular weight excluding hydrogens is 406 g/mol. The number of hydrogen-bond donors (Lipinski definition) is 2. The smallest absolute Gasteiger partial charge is 0.257 e. The molecule has 0 radical (unpaired) electrons. The topological polar surface area (TPSA) is 107 Å². The Morgan fingerprint density at radius 1 is 0.967 bits per heavy atom. The van der Waals surface area contributed by atoms with E-state index < -0.39 is 10.0 Å². The van der Waals surface area contributed by atoms with Crippen molar-refractivity contribution in [3.05, 3.63) is 59.2 Å². The maximum absolute atomic E-state index is 13.0. The maximum Gasteiger partial charge on any atom is 0.257 e. The Hall–Kier alpha value is -2.91. The molecule has 1 saturated heterocycles. The van der Waals surface area contributed by atoms with Gasteiger partial charge in [-0.25, -0.2) is 13.1 Å². The third-order valence-corrected chi connectivity index (χ3v) is 6.62. The molecule has 0 bridgehead atoms. The van der Waals surface area contributed by atoms with Gasteiger partial charge in [0.1, 0.15) is 5.75 Å². The van der Waals surface area contributed by atoms with Crippen LogP contribution in [0.2, 0.25) is 0 Å². The molecule has 30 heavy (non-hydrogen) atoms. The van der Waals surface area contributed by atoms with Gasteiger partial charge in [-0.1, -0.05) is 25.1 Å². The van der Waals surface area contributed by atoms with Gasteiger partial charge in [0.2, 0.25) is 10.0 Å². The van der Waals surface area contributed by atoms with Crippen LogP contribution in [0.25, 0.3) is 0 Å². The van der Waals surface area contributed by atoms with Crippen molar-refractivity contribution in [1.29, 1.82) is 0 Å². The summed E-state index contributed by atoms with van der Waals surface area (Å²) in [5.74, 6) is -0.624. The molecule has 0 aromatic heterocycles. The van der Waals surface area contributed by atoms with Gasteiger partial charge in [-0.05, 0) is 36.8 Å². The number of piperazine rings is 1. The number of para-hydroxylation sites is 1. The van der Waals surface area contributed by atoms with Crippen LogP contribution in [0.1, 0.15) is 33.2 Å². The van der Waals surface area contributed by atoms with Gasteiger partial charge < -0.3 is 14.9 Å². The second kappa shape index (κ2) is 8.85. The average Bonchev–Trinajstić information content (AvgIpc) is 2.73. The minimum atomic E-state index is -3.67. The molecule has 3 rings (SSSR count). The van der Waals surface area contributed by atoms with Crippen LogP contribution < -0.4 is 4.72 Å². The van der Waals surface area contributed by atoms with E-state index in [4.69, 9.17) is 0 Å². The molecule has 160 valence electrons. The number of benzene rings is 2. The van der Waals surface area contributed by atoms with E-state index in [1.54, 1.807) is 47.9 Å². The van der Waals surface area contributed by atoms with Gasteiger partial charge in [-0.15, -0.1) is 0 Å². The molecular formula is C21H25N3O5S. The quantitative estimate of drug-likeness (QED) is 0.748. The van der Waals surface area contributed by atoms with E-state index in [0.717, 1.165) is 0 Å². The van der Waals surface area contributed by atoms with Crippen molar-refractivity contribution in [3.63, 3.8) is 0 Å². The lowest BCUT2D eigenvalue weighted by Gasteiger charge is -2.35. The summed E-state index contributed by atoms with van der Waals surface area (Å²) in [6, 6.07) is 10.9. The first-order chi connectivity index (χ1) is 14.2. The number of carbonyl (C=O) groups is 2. The number of phenols is 1. The zero-order chi connectivity index (χ0) is 21.9. The van der Waals surface area contributed by atoms with Crippen LogP contribution in [-0.2, 0) is 10.0 Å². The summed E-state index contributed by atoms with van der Waals surface area (Å²) in [6.07, 6.45) is 0. The summed E-state index contributed by atoms with van der Waals surface area (Å²) in [4.78, 5) is 28.9. The normalized spacial score (nSPS) is 14.6. The summed E-state index contributed by atoms with van der Waals surface area (Å²) < 4.78 is 27.0. The third-order valence-electron chi connectivity index (χ3n) is 5.07. The highest BCUT2D eigenvalue weighted by Crippen LogP contribution is 2.21. The first-order valence-electron chi connectivity index (χ1n) is 9.71. The first-order valence-corrected chi connectivity index (χ1v) is 11.2. The molecule has 0 unspecified atom stereocenters. The highest BCUT2D eigenvalue weighted by molar-refractivity contribution is 7.89. The molecule has 0 aliphatic carbocycles. The van der Waals surface area contributed by atoms with Crippen molar-refractivity contribution < 1.29 is 23.1 Å². The monoisotopic (exact) mass is 431 g/mol. The molecule has 2 aromatic carbocycles. The Kier molecular flexibility index (Phi) is 6.42. The molecule has 1 heterocycles. The fraction of sp³-hybridized carbons (Fsp3) is 0.333. The molecule has 0 saturated carbocycles. The lowest BCUT2D eigenvalue weighted by Crippen LogP contribution is -2.50. The predicted octanol–water partition coefficient (Wildman–Crippen LogP) is 1.60. The SMILES string of the molecule is CCNS(=O)(=O)c1ccc(C)c(C(=O)N2CCN(C(=O)c3ccccc3O)CC2)c1. The van der Waals surface area contributed by atoms with Crippen molar-refractivity contribution in [2.24, 2.45) is 0 Å². The van der Waals surface area contributed by atoms with Gasteiger partial charge in [0.15, 0.2) is 0 Å². The predicted molar refractivity (Wildman–Crippen MR) is 112 cm³/mol. The maximum atomic E-state index is 13.0. The Morgan fingerprint density at radius 3 is 2.10 bits per heavy atom. The third kappa shape index (κ3) is 4.47. The molecule has 0 atom stereocenters. The number of amides is 2. The fourth-order valence-corrected chi connectivity index (χ4v) is 4.45. The van der Waals surface area contributed by atoms with Crippen molar-refractivity contribution in [2.75, 3.05) is 32.7 Å². The molecule has 2 N–H and O–H groups in total. The Bertz CT molecular complexity index is 1060. The Morgan fingerprint density at radius 2 is 1.53 bits per heavy atom. The minimum absolute atomic E-state index is 0.0478. The van der Waals surface area contributed by atoms with Crippen LogP contribution >= 0.6 is 0 Å². The Labute approximate surface area is 176 Å². The van der Waals surface area contributed by atoms with Gasteiger partial charge in [0.25, 0.3) is 11.8 Å². The second-order valence-electron chi connectivity index (χ2n) is 7.08. The molecule has 2 amide bonds. The number of nitrogens with zero attached hydrogens (tertiary/aromatic N) is 2. The summed E-state index contributed by atoms with van der Waals surface area (Å²) >= 11 is 0. The number of aryl methyl sites for hydroxylation is 1. The summed E-state index contributed by atoms with van der Waals surface area (Å²) in [5.41, 5.74) is 1.24. The van der Waals surface area contributed by atoms with E-state index in [-0.39, 0.29) is 34.6 Å². The van der Waals surface area contributed by atoms with E-state index in [1.165, 1.54) is 18.2 Å². The molecule has 9 heteroatoms. The van der Waals surface area contributed by atoms with Crippen LogP contribution in [0.4, 0.5) is 0 Å². The van der Waals surface area contributed by atoms with Crippen LogP contribution in [-0.4, -0.2) is 67.9 Å². The number of aromatic hydroxyl groups is 1. The molecule has 1 aliphatic rings. The van der Waals surface area contributed by atoms with Crippen LogP contribution in [0, 0.1) is 6.92 Å². The number of nitrogens with one attached hydrogen (secondary N) is 1. The summed E-state index contributed by atoms with van der Waals surface area (Å²) in [5, 5.41) is 9.89. The first kappa shape index (κ1) is 21.8. The Balaban J connectivity index is 1.73. The number of carbonyl (C=O) groups excluding carboxylic acids is 2. The number of phenolic OH excluding ortho intramolecular Hbond substituents is 1. The van der Waals surface area contributed by atoms with Crippen LogP contribution in [0.15, 0.2) is 47.4 Å². The van der Waals surface area contributed by atoms with Crippen molar-refractivity contribution in [1.82, 2.24) is 14.5 Å². The lowest BCUT2D eigenvalue weighted by molar-refractivity contribution is 0.0533. The van der Waals surface area contributed by atoms with Gasteiger partial charge in [0, 0.05) is 38.3 Å². The van der Waals surface area contributed by atoms with E-state index in [2.05, 4.69) is 4.72 Å². The fourth-order valence-electron chi connectivity index (χ4n) is 3.38. The van der Waals surface area contributed by atoms with E-state index in [9.17, 15) is 23.1 Å². The molecule has 1 aliphatic heterocycles. The van der Waals surface area contributed by atoms with Gasteiger partial charge in [-0.2, -0.15) is 0 Å². The van der Waals surface area contributed by atoms with E-state index in [1.807, 2.05) is 0 Å². The largest absolute Gasteiger partial charge is 0.507 e. The zero-order valence-corrected chi connectivity index (χ0v) is 17.8. The van der Waals surface area contributed by atoms with E-state index in [0.29, 0.717) is 37.3 Å². The molecule has 0 spiro atoms. The highest BCUT2D eigenvalue weighted by Gasteiger charge is 2.28. The zero-order valence-electron chi connectivity index (χ0n) is 17.0. The summed E-state index contributed by atoms with van der Waals surface area (Å²) in [7, 11) is -3.67. The minimum Gasteiger partial charge on any atom is -0.507 e. The van der Waals surface area contributed by atoms with Crippen molar-refractivity contribution in [2.45, 2.75) is 18.7 Å². The number of sulfonamides is 1. The molecule has 1 fully saturated rings. The number of rotatable bonds is 5. The standard InChI is InChI=1S/C21H25N3O5S/c1-3-22-30(28,29)16-9-8-15(2)18(14-16)21(27)24-12-10-23(11-13-24)20(26)17-6-4-5-7-19(17)25/h4-9,14,22,25H,3,10-13H2,1-2H3. The van der Waals surface area contributed by atoms with Crippen molar-refractivity contribution in [3.8, 4) is 5.75 Å². The number of hydrogen-bond acceptors (Lipinski definition) is 5. The molecule has 2 aromatic rings. The molecule has 8 nitrogen and oxygen atoms in total.